The number of fused-ring (bicyclic) bond motifs is 2. The number of amides is 1. The molecule has 5 rings (SSSR count). The molecule has 0 radical (unpaired) electrons. The van der Waals surface area contributed by atoms with Crippen LogP contribution in [0.3, 0.4) is 0 Å². The molecule has 1 saturated heterocycles. The van der Waals surface area contributed by atoms with Gasteiger partial charge in [0.15, 0.2) is 0 Å². The Labute approximate surface area is 215 Å². The van der Waals surface area contributed by atoms with E-state index in [2.05, 4.69) is 42.0 Å². The van der Waals surface area contributed by atoms with Crippen LogP contribution in [-0.2, 0) is 16.2 Å². The van der Waals surface area contributed by atoms with E-state index in [1.165, 1.54) is 6.42 Å². The normalized spacial score (nSPS) is 35.5. The van der Waals surface area contributed by atoms with Crippen molar-refractivity contribution in [1.29, 1.82) is 0 Å². The maximum absolute atomic E-state index is 13.7. The van der Waals surface area contributed by atoms with Crippen molar-refractivity contribution in [2.75, 3.05) is 13.7 Å². The molecule has 0 aromatic heterocycles. The molecule has 3 saturated carbocycles. The van der Waals surface area contributed by atoms with E-state index in [0.29, 0.717) is 38.4 Å². The predicted octanol–water partition coefficient (Wildman–Crippen LogP) is 3.77. The molecule has 4 aliphatic rings. The molecule has 0 spiro atoms. The number of rotatable bonds is 7. The summed E-state index contributed by atoms with van der Waals surface area (Å²) in [5.74, 6) is 1.42. The fourth-order valence-electron chi connectivity index (χ4n) is 6.61. The number of hydrogen-bond acceptors (Lipinski definition) is 6. The van der Waals surface area contributed by atoms with Crippen LogP contribution in [0.4, 0.5) is 0 Å². The Bertz CT molecular complexity index is 929. The highest BCUT2D eigenvalue weighted by molar-refractivity contribution is 9.10. The van der Waals surface area contributed by atoms with Gasteiger partial charge in [-0.1, -0.05) is 32.4 Å². The first kappa shape index (κ1) is 26.2. The van der Waals surface area contributed by atoms with E-state index >= 15 is 0 Å². The van der Waals surface area contributed by atoms with Gasteiger partial charge in [0.05, 0.1) is 30.8 Å². The number of hydroxylamine groups is 2. The molecule has 4 fully saturated rings. The highest BCUT2D eigenvalue weighted by Crippen LogP contribution is 2.61. The summed E-state index contributed by atoms with van der Waals surface area (Å²) in [6.07, 6.45) is 0.648. The number of benzene rings is 1. The predicted molar refractivity (Wildman–Crippen MR) is 133 cm³/mol. The molecule has 1 aromatic carbocycles. The summed E-state index contributed by atoms with van der Waals surface area (Å²) < 4.78 is 6.24. The monoisotopic (exact) mass is 558 g/mol. The average Bonchev–Trinajstić information content (AvgIpc) is 3.13. The first-order valence-electron chi connectivity index (χ1n) is 12.0. The maximum atomic E-state index is 13.7. The molecule has 7 nitrogen and oxygen atoms in total. The van der Waals surface area contributed by atoms with Gasteiger partial charge in [0, 0.05) is 22.5 Å². The summed E-state index contributed by atoms with van der Waals surface area (Å²) in [7, 11) is 1.57. The van der Waals surface area contributed by atoms with Crippen molar-refractivity contribution >= 4 is 33.4 Å². The number of aliphatic hydroxyl groups is 2. The number of carbonyl (C=O) groups excluding carboxylic acids is 1. The molecule has 3 N–H and O–H groups in total. The molecule has 2 bridgehead atoms. The van der Waals surface area contributed by atoms with E-state index in [4.69, 9.17) is 21.2 Å². The average molecular weight is 560 g/mol. The molecule has 9 heteroatoms. The third kappa shape index (κ3) is 4.50. The molecule has 1 amide bonds. The van der Waals surface area contributed by atoms with Crippen LogP contribution in [-0.4, -0.2) is 59.2 Å². The van der Waals surface area contributed by atoms with Gasteiger partial charge in [-0.3, -0.25) is 9.63 Å². The van der Waals surface area contributed by atoms with Gasteiger partial charge in [-0.25, -0.2) is 0 Å². The summed E-state index contributed by atoms with van der Waals surface area (Å²) in [4.78, 5) is 19.7. The first-order valence-corrected chi connectivity index (χ1v) is 13.2. The van der Waals surface area contributed by atoms with Crippen molar-refractivity contribution in [3.8, 4) is 5.75 Å². The lowest BCUT2D eigenvalue weighted by Crippen LogP contribution is -2.62. The lowest BCUT2D eigenvalue weighted by Gasteiger charge is -2.62. The Kier molecular flexibility index (Phi) is 7.59. The first-order chi connectivity index (χ1) is 16.0. The minimum atomic E-state index is -0.845. The van der Waals surface area contributed by atoms with Crippen LogP contribution >= 0.6 is 27.5 Å². The van der Waals surface area contributed by atoms with E-state index in [1.807, 2.05) is 0 Å². The van der Waals surface area contributed by atoms with Gasteiger partial charge in [0.1, 0.15) is 17.9 Å². The van der Waals surface area contributed by atoms with Crippen molar-refractivity contribution < 1.29 is 24.6 Å². The molecule has 3 aliphatic carbocycles. The Hall–Kier alpha value is -0.900. The Morgan fingerprint density at radius 2 is 2.12 bits per heavy atom. The van der Waals surface area contributed by atoms with Gasteiger partial charge in [-0.2, -0.15) is 5.06 Å². The Morgan fingerprint density at radius 1 is 1.41 bits per heavy atom. The molecule has 0 unspecified atom stereocenters. The number of methoxy groups -OCH3 is 1. The Balaban J connectivity index is 1.59. The maximum Gasteiger partial charge on any atom is 0.240 e. The van der Waals surface area contributed by atoms with Crippen molar-refractivity contribution in [2.45, 2.75) is 71.4 Å². The third-order valence-electron chi connectivity index (χ3n) is 8.68. The van der Waals surface area contributed by atoms with E-state index in [-0.39, 0.29) is 25.1 Å². The van der Waals surface area contributed by atoms with Gasteiger partial charge < -0.3 is 20.3 Å². The van der Waals surface area contributed by atoms with E-state index in [9.17, 15) is 15.0 Å². The highest BCUT2D eigenvalue weighted by atomic mass is 79.9. The minimum Gasteiger partial charge on any atom is -0.495 e. The van der Waals surface area contributed by atoms with Crippen LogP contribution in [0.1, 0.15) is 46.1 Å². The SMILES string of the molecule is COc1c(Br)cc(Cl)cc1CN1O[C@@H](CO)[C@@H]([C@H](C)O)[C@H]1C(=O)N[C@H]1C[C@H]2C[C@@H]([C@@H]1C)C2(C)C. The van der Waals surface area contributed by atoms with E-state index in [1.54, 1.807) is 31.2 Å². The van der Waals surface area contributed by atoms with Gasteiger partial charge in [-0.15, -0.1) is 0 Å². The summed E-state index contributed by atoms with van der Waals surface area (Å²) in [6.45, 7) is 8.44. The standard InChI is InChI=1S/C25H36BrClN2O5/c1-12-17-7-15(25(17,3)4)8-19(12)28-24(32)22-21(13(2)31)20(11-30)34-29(22)10-14-6-16(27)9-18(26)23(14)33-5/h6,9,12-13,15,17,19-22,30-31H,7-8,10-11H2,1-5H3,(H,28,32)/t12-,13-,15+,17-,19-,20-,21+,22-/m0/s1. The van der Waals surface area contributed by atoms with Gasteiger partial charge in [0.25, 0.3) is 0 Å². The zero-order chi connectivity index (χ0) is 24.9. The van der Waals surface area contributed by atoms with Crippen LogP contribution in [0.5, 0.6) is 5.75 Å². The van der Waals surface area contributed by atoms with Crippen LogP contribution in [0.25, 0.3) is 0 Å². The number of ether oxygens (including phenoxy) is 1. The molecule has 190 valence electrons. The molecular formula is C25H36BrClN2O5. The number of carbonyl (C=O) groups is 1. The van der Waals surface area contributed by atoms with Crippen molar-refractivity contribution in [2.24, 2.45) is 29.1 Å². The number of hydrogen-bond donors (Lipinski definition) is 3. The zero-order valence-corrected chi connectivity index (χ0v) is 22.8. The molecule has 1 aliphatic heterocycles. The summed E-state index contributed by atoms with van der Waals surface area (Å²) in [5, 5.41) is 25.9. The van der Waals surface area contributed by atoms with E-state index in [0.717, 1.165) is 12.0 Å². The van der Waals surface area contributed by atoms with Crippen molar-refractivity contribution in [3.05, 3.63) is 27.2 Å². The zero-order valence-electron chi connectivity index (χ0n) is 20.4. The second kappa shape index (κ2) is 9.87. The Morgan fingerprint density at radius 3 is 2.68 bits per heavy atom. The topological polar surface area (TPSA) is 91.3 Å². The summed E-state index contributed by atoms with van der Waals surface area (Å²) >= 11 is 9.76. The summed E-state index contributed by atoms with van der Waals surface area (Å²) in [6, 6.07) is 2.83. The van der Waals surface area contributed by atoms with E-state index < -0.39 is 24.2 Å². The van der Waals surface area contributed by atoms with Crippen molar-refractivity contribution in [1.82, 2.24) is 10.4 Å². The number of aliphatic hydroxyl groups excluding tert-OH is 2. The number of nitrogens with one attached hydrogen (secondary N) is 1. The molecule has 1 heterocycles. The minimum absolute atomic E-state index is 0.0869. The lowest BCUT2D eigenvalue weighted by molar-refractivity contribution is -0.183. The fraction of sp³-hybridized carbons (Fsp3) is 0.720. The smallest absolute Gasteiger partial charge is 0.240 e. The van der Waals surface area contributed by atoms with Gasteiger partial charge in [-0.05, 0) is 71.0 Å². The molecule has 34 heavy (non-hydrogen) atoms. The second-order valence-corrected chi connectivity index (χ2v) is 12.1. The van der Waals surface area contributed by atoms with Crippen LogP contribution < -0.4 is 10.1 Å². The quantitative estimate of drug-likeness (QED) is 0.471. The highest BCUT2D eigenvalue weighted by Gasteiger charge is 2.57. The van der Waals surface area contributed by atoms with Gasteiger partial charge >= 0.3 is 0 Å². The fourth-order valence-corrected chi connectivity index (χ4v) is 7.65. The van der Waals surface area contributed by atoms with Crippen LogP contribution in [0.2, 0.25) is 5.02 Å². The van der Waals surface area contributed by atoms with Crippen LogP contribution in [0.15, 0.2) is 16.6 Å². The number of halogens is 2. The number of nitrogens with zero attached hydrogens (tertiary/aromatic N) is 1. The second-order valence-electron chi connectivity index (χ2n) is 10.8. The van der Waals surface area contributed by atoms with Crippen LogP contribution in [0, 0.1) is 29.1 Å². The lowest BCUT2D eigenvalue weighted by atomic mass is 9.45. The molecular weight excluding hydrogens is 524 g/mol. The molecule has 8 atom stereocenters. The third-order valence-corrected chi connectivity index (χ3v) is 9.49. The largest absolute Gasteiger partial charge is 0.495 e. The summed E-state index contributed by atoms with van der Waals surface area (Å²) in [5.41, 5.74) is 1.06. The van der Waals surface area contributed by atoms with Crippen molar-refractivity contribution in [3.63, 3.8) is 0 Å². The van der Waals surface area contributed by atoms with Gasteiger partial charge in [0.2, 0.25) is 5.91 Å². The molecule has 1 aromatic rings.